The van der Waals surface area contributed by atoms with Crippen LogP contribution < -0.4 is 10.1 Å². The summed E-state index contributed by atoms with van der Waals surface area (Å²) < 4.78 is 6.14. The first-order chi connectivity index (χ1) is 14.3. The van der Waals surface area contributed by atoms with Gasteiger partial charge in [-0.15, -0.1) is 11.3 Å². The van der Waals surface area contributed by atoms with E-state index >= 15 is 0 Å². The van der Waals surface area contributed by atoms with Crippen LogP contribution in [0.15, 0.2) is 66.2 Å². The van der Waals surface area contributed by atoms with Gasteiger partial charge in [-0.05, 0) is 60.7 Å². The number of thiophene rings is 1. The molecule has 5 nitrogen and oxygen atoms in total. The van der Waals surface area contributed by atoms with Crippen LogP contribution in [0.1, 0.15) is 33.8 Å². The first-order valence-corrected chi connectivity index (χ1v) is 10.8. The van der Waals surface area contributed by atoms with Crippen molar-refractivity contribution in [3.8, 4) is 5.75 Å². The van der Waals surface area contributed by atoms with Gasteiger partial charge in [0.15, 0.2) is 0 Å². The summed E-state index contributed by atoms with van der Waals surface area (Å²) in [4.78, 5) is 20.4. The number of benzene rings is 1. The molecule has 0 atom stereocenters. The summed E-state index contributed by atoms with van der Waals surface area (Å²) in [6.07, 6.45) is 4.01. The molecule has 0 unspecified atom stereocenters. The molecule has 3 aromatic rings. The van der Waals surface area contributed by atoms with Crippen molar-refractivity contribution in [1.29, 1.82) is 0 Å². The topological polar surface area (TPSA) is 54.5 Å². The van der Waals surface area contributed by atoms with Crippen molar-refractivity contribution in [3.63, 3.8) is 0 Å². The molecule has 1 amide bonds. The summed E-state index contributed by atoms with van der Waals surface area (Å²) in [5, 5.41) is 5.02. The molecule has 0 radical (unpaired) electrons. The number of likely N-dealkylation sites (tertiary alicyclic amines) is 1. The van der Waals surface area contributed by atoms with Gasteiger partial charge in [-0.3, -0.25) is 14.7 Å². The third-order valence-corrected chi connectivity index (χ3v) is 5.93. The Morgan fingerprint density at radius 1 is 1.10 bits per heavy atom. The van der Waals surface area contributed by atoms with Crippen LogP contribution >= 0.6 is 11.3 Å². The number of piperidine rings is 1. The van der Waals surface area contributed by atoms with E-state index in [1.807, 2.05) is 53.8 Å². The van der Waals surface area contributed by atoms with Gasteiger partial charge in [0.25, 0.3) is 5.91 Å². The molecule has 29 heavy (non-hydrogen) atoms. The molecule has 0 saturated carbocycles. The maximum Gasteiger partial charge on any atom is 0.251 e. The average Bonchev–Trinajstić information content (AvgIpc) is 3.28. The Balaban J connectivity index is 1.23. The van der Waals surface area contributed by atoms with Crippen LogP contribution in [0.2, 0.25) is 0 Å². The highest BCUT2D eigenvalue weighted by Crippen LogP contribution is 2.21. The maximum absolute atomic E-state index is 12.3. The molecule has 3 heterocycles. The molecule has 0 aliphatic carbocycles. The number of rotatable bonds is 7. The Bertz CT molecular complexity index is 890. The van der Waals surface area contributed by atoms with Gasteiger partial charge in [-0.1, -0.05) is 12.1 Å². The van der Waals surface area contributed by atoms with E-state index in [0.717, 1.165) is 43.9 Å². The molecule has 6 heteroatoms. The third-order valence-electron chi connectivity index (χ3n) is 5.07. The third kappa shape index (κ3) is 5.65. The van der Waals surface area contributed by atoms with Crippen LogP contribution in [0.5, 0.6) is 5.75 Å². The second-order valence-electron chi connectivity index (χ2n) is 7.20. The minimum Gasteiger partial charge on any atom is -0.490 e. The van der Waals surface area contributed by atoms with Gasteiger partial charge in [0.2, 0.25) is 0 Å². The Morgan fingerprint density at radius 2 is 1.93 bits per heavy atom. The van der Waals surface area contributed by atoms with Crippen LogP contribution in [0.3, 0.4) is 0 Å². The number of hydrogen-bond acceptors (Lipinski definition) is 5. The van der Waals surface area contributed by atoms with Crippen LogP contribution in [0.4, 0.5) is 0 Å². The summed E-state index contributed by atoms with van der Waals surface area (Å²) in [6, 6.07) is 17.4. The monoisotopic (exact) mass is 407 g/mol. The van der Waals surface area contributed by atoms with Gasteiger partial charge >= 0.3 is 0 Å². The molecule has 150 valence electrons. The summed E-state index contributed by atoms with van der Waals surface area (Å²) in [6.45, 7) is 3.56. The predicted molar refractivity (Wildman–Crippen MR) is 115 cm³/mol. The normalized spacial score (nSPS) is 15.2. The summed E-state index contributed by atoms with van der Waals surface area (Å²) >= 11 is 1.82. The molecule has 1 aliphatic rings. The highest BCUT2D eigenvalue weighted by molar-refractivity contribution is 7.09. The molecule has 4 rings (SSSR count). The fourth-order valence-corrected chi connectivity index (χ4v) is 4.21. The number of pyridine rings is 1. The fourth-order valence-electron chi connectivity index (χ4n) is 3.46. The molecule has 2 aromatic heterocycles. The Hall–Kier alpha value is -2.70. The minimum absolute atomic E-state index is 0.107. The standard InChI is InChI=1S/C23H25N3O2S/c27-23(25-16-19-4-1-2-12-24-19)18-6-8-20(9-7-18)28-21-10-13-26(14-11-21)17-22-5-3-15-29-22/h1-9,12,15,21H,10-11,13-14,16-17H2,(H,25,27). The summed E-state index contributed by atoms with van der Waals surface area (Å²) in [7, 11) is 0. The van der Waals surface area contributed by atoms with E-state index in [2.05, 4.69) is 32.7 Å². The number of ether oxygens (including phenoxy) is 1. The van der Waals surface area contributed by atoms with Crippen molar-refractivity contribution in [2.45, 2.75) is 32.0 Å². The van der Waals surface area contributed by atoms with Gasteiger partial charge < -0.3 is 10.1 Å². The van der Waals surface area contributed by atoms with E-state index in [1.165, 1.54) is 4.88 Å². The second-order valence-corrected chi connectivity index (χ2v) is 8.23. The molecule has 1 saturated heterocycles. The second kappa shape index (κ2) is 9.67. The number of nitrogens with one attached hydrogen (secondary N) is 1. The van der Waals surface area contributed by atoms with Crippen LogP contribution in [0, 0.1) is 0 Å². The zero-order valence-corrected chi connectivity index (χ0v) is 17.1. The predicted octanol–water partition coefficient (Wildman–Crippen LogP) is 4.12. The number of hydrogen-bond donors (Lipinski definition) is 1. The molecule has 1 fully saturated rings. The van der Waals surface area contributed by atoms with Gasteiger partial charge in [-0.25, -0.2) is 0 Å². The van der Waals surface area contributed by atoms with Crippen molar-refractivity contribution < 1.29 is 9.53 Å². The van der Waals surface area contributed by atoms with Crippen molar-refractivity contribution in [1.82, 2.24) is 15.2 Å². The Labute approximate surface area is 175 Å². The molecule has 1 aromatic carbocycles. The fraction of sp³-hybridized carbons (Fsp3) is 0.304. The van der Waals surface area contributed by atoms with E-state index in [1.54, 1.807) is 6.20 Å². The van der Waals surface area contributed by atoms with Crippen molar-refractivity contribution in [2.24, 2.45) is 0 Å². The zero-order valence-electron chi connectivity index (χ0n) is 16.3. The molecular formula is C23H25N3O2S. The lowest BCUT2D eigenvalue weighted by Crippen LogP contribution is -2.37. The molecule has 1 N–H and O–H groups in total. The first-order valence-electron chi connectivity index (χ1n) is 9.96. The molecule has 0 spiro atoms. The quantitative estimate of drug-likeness (QED) is 0.640. The van der Waals surface area contributed by atoms with Crippen LogP contribution in [-0.2, 0) is 13.1 Å². The molecular weight excluding hydrogens is 382 g/mol. The van der Waals surface area contributed by atoms with Gasteiger partial charge in [0.1, 0.15) is 11.9 Å². The van der Waals surface area contributed by atoms with Crippen LogP contribution in [-0.4, -0.2) is 35.0 Å². The van der Waals surface area contributed by atoms with E-state index in [0.29, 0.717) is 12.1 Å². The highest BCUT2D eigenvalue weighted by Gasteiger charge is 2.21. The van der Waals surface area contributed by atoms with Gasteiger partial charge in [0, 0.05) is 36.3 Å². The number of carbonyl (C=O) groups is 1. The number of carbonyl (C=O) groups excluding carboxylic acids is 1. The zero-order chi connectivity index (χ0) is 19.9. The van der Waals surface area contributed by atoms with E-state index < -0.39 is 0 Å². The lowest BCUT2D eigenvalue weighted by atomic mass is 10.1. The highest BCUT2D eigenvalue weighted by atomic mass is 32.1. The molecule has 0 bridgehead atoms. The Morgan fingerprint density at radius 3 is 2.62 bits per heavy atom. The van der Waals surface area contributed by atoms with Crippen molar-refractivity contribution in [3.05, 3.63) is 82.3 Å². The summed E-state index contributed by atoms with van der Waals surface area (Å²) in [5.74, 6) is 0.715. The Kier molecular flexibility index (Phi) is 6.54. The number of amides is 1. The van der Waals surface area contributed by atoms with E-state index in [4.69, 9.17) is 4.74 Å². The van der Waals surface area contributed by atoms with E-state index in [-0.39, 0.29) is 12.0 Å². The summed E-state index contributed by atoms with van der Waals surface area (Å²) in [5.41, 5.74) is 1.46. The van der Waals surface area contributed by atoms with Gasteiger partial charge in [-0.2, -0.15) is 0 Å². The lowest BCUT2D eigenvalue weighted by molar-refractivity contribution is 0.0948. The van der Waals surface area contributed by atoms with Crippen molar-refractivity contribution in [2.75, 3.05) is 13.1 Å². The SMILES string of the molecule is O=C(NCc1ccccn1)c1ccc(OC2CCN(Cc3cccs3)CC2)cc1. The largest absolute Gasteiger partial charge is 0.490 e. The minimum atomic E-state index is -0.107. The van der Waals surface area contributed by atoms with Gasteiger partial charge in [0.05, 0.1) is 12.2 Å². The molecule has 1 aliphatic heterocycles. The number of aromatic nitrogens is 1. The van der Waals surface area contributed by atoms with E-state index in [9.17, 15) is 4.79 Å². The lowest BCUT2D eigenvalue weighted by Gasteiger charge is -2.31. The van der Waals surface area contributed by atoms with Crippen molar-refractivity contribution >= 4 is 17.2 Å². The maximum atomic E-state index is 12.3. The average molecular weight is 408 g/mol. The van der Waals surface area contributed by atoms with Crippen LogP contribution in [0.25, 0.3) is 0 Å². The number of nitrogens with zero attached hydrogens (tertiary/aromatic N) is 2. The first kappa shape index (κ1) is 19.6. The smallest absolute Gasteiger partial charge is 0.251 e.